The van der Waals surface area contributed by atoms with Crippen LogP contribution in [-0.4, -0.2) is 19.1 Å². The van der Waals surface area contributed by atoms with Gasteiger partial charge in [-0.05, 0) is 23.3 Å². The third-order valence-electron chi connectivity index (χ3n) is 3.81. The summed E-state index contributed by atoms with van der Waals surface area (Å²) in [6.45, 7) is 1.70. The van der Waals surface area contributed by atoms with E-state index in [1.807, 2.05) is 42.5 Å². The fourth-order valence-electron chi connectivity index (χ4n) is 2.81. The van der Waals surface area contributed by atoms with Crippen LogP contribution in [0, 0.1) is 0 Å². The number of urea groups is 1. The molecule has 5 heteroatoms. The third kappa shape index (κ3) is 2.30. The molecule has 1 atom stereocenters. The molecule has 22 heavy (non-hydrogen) atoms. The van der Waals surface area contributed by atoms with Gasteiger partial charge in [0.15, 0.2) is 0 Å². The molecule has 0 bridgehead atoms. The highest BCUT2D eigenvalue weighted by Gasteiger charge is 2.32. The zero-order valence-corrected chi connectivity index (χ0v) is 12.3. The largest absolute Gasteiger partial charge is 0.466 e. The molecule has 112 valence electrons. The van der Waals surface area contributed by atoms with Crippen LogP contribution in [0.5, 0.6) is 0 Å². The van der Waals surface area contributed by atoms with Crippen molar-refractivity contribution in [2.24, 2.45) is 0 Å². The molecule has 2 N–H and O–H groups in total. The molecule has 5 nitrogen and oxygen atoms in total. The number of carbonyl (C=O) groups is 2. The van der Waals surface area contributed by atoms with E-state index in [-0.39, 0.29) is 6.03 Å². The van der Waals surface area contributed by atoms with Crippen molar-refractivity contribution in [3.63, 3.8) is 0 Å². The number of carbonyl (C=O) groups excluding carboxylic acids is 2. The van der Waals surface area contributed by atoms with Gasteiger partial charge in [-0.1, -0.05) is 42.5 Å². The summed E-state index contributed by atoms with van der Waals surface area (Å²) in [6.07, 6.45) is 0. The average Bonchev–Trinajstić information content (AvgIpc) is 2.53. The lowest BCUT2D eigenvalue weighted by Crippen LogP contribution is -2.45. The highest BCUT2D eigenvalue weighted by molar-refractivity contribution is 5.97. The summed E-state index contributed by atoms with van der Waals surface area (Å²) >= 11 is 0. The lowest BCUT2D eigenvalue weighted by Gasteiger charge is -2.28. The van der Waals surface area contributed by atoms with Crippen molar-refractivity contribution < 1.29 is 14.3 Å². The van der Waals surface area contributed by atoms with Crippen LogP contribution in [0.15, 0.2) is 53.7 Å². The molecule has 0 aromatic heterocycles. The Morgan fingerprint density at radius 2 is 1.86 bits per heavy atom. The second kappa shape index (κ2) is 5.52. The Bertz CT molecular complexity index is 790. The first-order chi connectivity index (χ1) is 10.6. The number of hydrogen-bond donors (Lipinski definition) is 2. The Kier molecular flexibility index (Phi) is 3.55. The minimum atomic E-state index is -0.535. The lowest BCUT2D eigenvalue weighted by molar-refractivity contribution is -0.136. The van der Waals surface area contributed by atoms with E-state index in [9.17, 15) is 9.59 Å². The lowest BCUT2D eigenvalue weighted by atomic mass is 9.91. The van der Waals surface area contributed by atoms with Gasteiger partial charge in [-0.25, -0.2) is 9.59 Å². The summed E-state index contributed by atoms with van der Waals surface area (Å²) in [5, 5.41) is 7.48. The predicted molar refractivity (Wildman–Crippen MR) is 83.1 cm³/mol. The van der Waals surface area contributed by atoms with Crippen molar-refractivity contribution in [2.45, 2.75) is 13.0 Å². The van der Waals surface area contributed by atoms with Gasteiger partial charge in [-0.15, -0.1) is 0 Å². The summed E-state index contributed by atoms with van der Waals surface area (Å²) in [6, 6.07) is 12.8. The SMILES string of the molecule is COC(=O)C1=C(C)NC(=O)NC1c1cccc2ccccc12. The molecule has 1 heterocycles. The van der Waals surface area contributed by atoms with E-state index in [1.54, 1.807) is 6.92 Å². The number of rotatable bonds is 2. The molecule has 1 aliphatic rings. The zero-order chi connectivity index (χ0) is 15.7. The fraction of sp³-hybridized carbons (Fsp3) is 0.176. The Balaban J connectivity index is 2.21. The van der Waals surface area contributed by atoms with Crippen LogP contribution in [0.2, 0.25) is 0 Å². The quantitative estimate of drug-likeness (QED) is 0.837. The highest BCUT2D eigenvalue weighted by Crippen LogP contribution is 2.32. The van der Waals surface area contributed by atoms with Gasteiger partial charge in [0.25, 0.3) is 0 Å². The summed E-state index contributed by atoms with van der Waals surface area (Å²) in [5.41, 5.74) is 1.79. The van der Waals surface area contributed by atoms with Crippen LogP contribution >= 0.6 is 0 Å². The summed E-state index contributed by atoms with van der Waals surface area (Å²) in [7, 11) is 1.33. The third-order valence-corrected chi connectivity index (χ3v) is 3.81. The minimum absolute atomic E-state index is 0.330. The Labute approximate surface area is 128 Å². The molecule has 1 aliphatic heterocycles. The number of methoxy groups -OCH3 is 1. The molecule has 1 unspecified atom stereocenters. The van der Waals surface area contributed by atoms with Crippen molar-refractivity contribution in [2.75, 3.05) is 7.11 Å². The van der Waals surface area contributed by atoms with Crippen LogP contribution < -0.4 is 10.6 Å². The molecular weight excluding hydrogens is 280 g/mol. The maximum atomic E-state index is 12.1. The fourth-order valence-corrected chi connectivity index (χ4v) is 2.81. The maximum Gasteiger partial charge on any atom is 0.337 e. The van der Waals surface area contributed by atoms with Gasteiger partial charge in [-0.3, -0.25) is 0 Å². The number of allylic oxidation sites excluding steroid dienone is 1. The Morgan fingerprint density at radius 1 is 1.14 bits per heavy atom. The van der Waals surface area contributed by atoms with Crippen molar-refractivity contribution in [3.8, 4) is 0 Å². The first-order valence-corrected chi connectivity index (χ1v) is 6.96. The molecule has 2 aromatic rings. The van der Waals surface area contributed by atoms with Crippen LogP contribution in [0.1, 0.15) is 18.5 Å². The van der Waals surface area contributed by atoms with E-state index in [0.29, 0.717) is 11.3 Å². The van der Waals surface area contributed by atoms with E-state index in [0.717, 1.165) is 16.3 Å². The molecule has 0 radical (unpaired) electrons. The molecule has 0 aliphatic carbocycles. The van der Waals surface area contributed by atoms with Gasteiger partial charge in [0.2, 0.25) is 0 Å². The van der Waals surface area contributed by atoms with Crippen molar-refractivity contribution in [1.82, 2.24) is 10.6 Å². The summed E-state index contributed by atoms with van der Waals surface area (Å²) < 4.78 is 4.87. The van der Waals surface area contributed by atoms with Gasteiger partial charge >= 0.3 is 12.0 Å². The van der Waals surface area contributed by atoms with Gasteiger partial charge < -0.3 is 15.4 Å². The number of amides is 2. The van der Waals surface area contributed by atoms with E-state index in [2.05, 4.69) is 10.6 Å². The van der Waals surface area contributed by atoms with Gasteiger partial charge in [0.05, 0.1) is 18.7 Å². The second-order valence-electron chi connectivity index (χ2n) is 5.13. The Hall–Kier alpha value is -2.82. The molecule has 0 spiro atoms. The molecule has 3 rings (SSSR count). The molecular formula is C17H16N2O3. The number of esters is 1. The number of benzene rings is 2. The minimum Gasteiger partial charge on any atom is -0.466 e. The van der Waals surface area contributed by atoms with Gasteiger partial charge in [0.1, 0.15) is 0 Å². The van der Waals surface area contributed by atoms with Crippen LogP contribution in [-0.2, 0) is 9.53 Å². The molecule has 2 amide bonds. The molecule has 0 saturated heterocycles. The van der Waals surface area contributed by atoms with E-state index < -0.39 is 12.0 Å². The van der Waals surface area contributed by atoms with E-state index in [1.165, 1.54) is 7.11 Å². The van der Waals surface area contributed by atoms with Gasteiger partial charge in [-0.2, -0.15) is 0 Å². The number of fused-ring (bicyclic) bond motifs is 1. The Morgan fingerprint density at radius 3 is 2.64 bits per heavy atom. The number of ether oxygens (including phenoxy) is 1. The monoisotopic (exact) mass is 296 g/mol. The molecule has 2 aromatic carbocycles. The second-order valence-corrected chi connectivity index (χ2v) is 5.13. The standard InChI is InChI=1S/C17H16N2O3/c1-10-14(16(20)22-2)15(19-17(21)18-10)13-9-5-7-11-6-3-4-8-12(11)13/h3-9,15H,1-2H3,(H2,18,19,21). The summed E-state index contributed by atoms with van der Waals surface area (Å²) in [4.78, 5) is 24.0. The van der Waals surface area contributed by atoms with Crippen LogP contribution in [0.4, 0.5) is 4.79 Å². The number of hydrogen-bond acceptors (Lipinski definition) is 3. The van der Waals surface area contributed by atoms with Crippen LogP contribution in [0.3, 0.4) is 0 Å². The first-order valence-electron chi connectivity index (χ1n) is 6.96. The molecule has 0 saturated carbocycles. The maximum absolute atomic E-state index is 12.1. The van der Waals surface area contributed by atoms with Crippen molar-refractivity contribution >= 4 is 22.8 Å². The van der Waals surface area contributed by atoms with E-state index in [4.69, 9.17) is 4.74 Å². The highest BCUT2D eigenvalue weighted by atomic mass is 16.5. The first kappa shape index (κ1) is 14.1. The predicted octanol–water partition coefficient (Wildman–Crippen LogP) is 2.64. The molecule has 0 fully saturated rings. The topological polar surface area (TPSA) is 67.4 Å². The zero-order valence-electron chi connectivity index (χ0n) is 12.3. The average molecular weight is 296 g/mol. The van der Waals surface area contributed by atoms with Crippen molar-refractivity contribution in [1.29, 1.82) is 0 Å². The number of nitrogens with one attached hydrogen (secondary N) is 2. The van der Waals surface area contributed by atoms with Gasteiger partial charge in [0, 0.05) is 5.70 Å². The smallest absolute Gasteiger partial charge is 0.337 e. The van der Waals surface area contributed by atoms with Crippen LogP contribution in [0.25, 0.3) is 10.8 Å². The van der Waals surface area contributed by atoms with Crippen molar-refractivity contribution in [3.05, 3.63) is 59.3 Å². The van der Waals surface area contributed by atoms with E-state index >= 15 is 0 Å². The summed E-state index contributed by atoms with van der Waals surface area (Å²) in [5.74, 6) is -0.456. The normalized spacial score (nSPS) is 17.9.